The summed E-state index contributed by atoms with van der Waals surface area (Å²) in [6, 6.07) is 8.15. The molecule has 0 fully saturated rings. The Balaban J connectivity index is 1.57. The minimum Gasteiger partial charge on any atom is -0.465 e. The number of furan rings is 1. The van der Waals surface area contributed by atoms with Gasteiger partial charge < -0.3 is 9.73 Å². The van der Waals surface area contributed by atoms with Crippen molar-refractivity contribution in [3.63, 3.8) is 0 Å². The fourth-order valence-electron chi connectivity index (χ4n) is 3.69. The van der Waals surface area contributed by atoms with Crippen LogP contribution in [0.5, 0.6) is 0 Å². The molecule has 4 rings (SSSR count). The van der Waals surface area contributed by atoms with Gasteiger partial charge in [0.25, 0.3) is 0 Å². The van der Waals surface area contributed by atoms with Crippen LogP contribution in [-0.4, -0.2) is 9.97 Å². The van der Waals surface area contributed by atoms with Gasteiger partial charge in [0, 0.05) is 28.8 Å². The summed E-state index contributed by atoms with van der Waals surface area (Å²) in [5, 5.41) is 3.26. The van der Waals surface area contributed by atoms with E-state index in [0.717, 1.165) is 46.9 Å². The minimum atomic E-state index is 0.692. The number of hydrogen-bond acceptors (Lipinski definition) is 4. The van der Waals surface area contributed by atoms with Crippen molar-refractivity contribution in [3.8, 4) is 11.3 Å². The van der Waals surface area contributed by atoms with Crippen molar-refractivity contribution in [2.45, 2.75) is 39.5 Å². The number of nitrogens with zero attached hydrogens (tertiary/aromatic N) is 2. The predicted molar refractivity (Wildman–Crippen MR) is 105 cm³/mol. The number of rotatable bonds is 4. The quantitative estimate of drug-likeness (QED) is 0.696. The van der Waals surface area contributed by atoms with E-state index < -0.39 is 0 Å². The molecule has 0 saturated carbocycles. The van der Waals surface area contributed by atoms with Gasteiger partial charge in [-0.3, -0.25) is 4.98 Å². The van der Waals surface area contributed by atoms with E-state index in [4.69, 9.17) is 4.42 Å². The summed E-state index contributed by atoms with van der Waals surface area (Å²) < 4.78 is 5.96. The molecule has 1 N–H and O–H groups in total. The molecule has 2 heterocycles. The molecule has 0 amide bonds. The minimum absolute atomic E-state index is 0.692. The Kier molecular flexibility index (Phi) is 4.33. The van der Waals surface area contributed by atoms with Gasteiger partial charge in [-0.15, -0.1) is 0 Å². The maximum absolute atomic E-state index is 5.96. The van der Waals surface area contributed by atoms with Crippen LogP contribution in [0.4, 0.5) is 5.82 Å². The van der Waals surface area contributed by atoms with Crippen LogP contribution < -0.4 is 5.32 Å². The summed E-state index contributed by atoms with van der Waals surface area (Å²) in [5.41, 5.74) is 6.39. The zero-order valence-corrected chi connectivity index (χ0v) is 15.3. The SMILES string of the molecule is C=C(Nc1cnc(-c2c(C)oc3c2CCCC3)cn1)c1ccccc1C. The third kappa shape index (κ3) is 3.03. The number of aryl methyl sites for hydroxylation is 3. The second kappa shape index (κ2) is 6.79. The van der Waals surface area contributed by atoms with E-state index in [1.54, 1.807) is 6.20 Å². The Bertz CT molecular complexity index is 954. The normalized spacial score (nSPS) is 13.3. The fraction of sp³-hybridized carbons (Fsp3) is 0.273. The summed E-state index contributed by atoms with van der Waals surface area (Å²) in [6.45, 7) is 8.22. The molecule has 1 aliphatic rings. The second-order valence-electron chi connectivity index (χ2n) is 6.85. The van der Waals surface area contributed by atoms with E-state index in [1.807, 2.05) is 31.3 Å². The lowest BCUT2D eigenvalue weighted by Gasteiger charge is -2.12. The number of anilines is 1. The highest BCUT2D eigenvalue weighted by atomic mass is 16.3. The summed E-state index contributed by atoms with van der Waals surface area (Å²) in [5.74, 6) is 2.76. The molecule has 26 heavy (non-hydrogen) atoms. The molecule has 0 atom stereocenters. The number of hydrogen-bond donors (Lipinski definition) is 1. The number of nitrogens with one attached hydrogen (secondary N) is 1. The van der Waals surface area contributed by atoms with Gasteiger partial charge in [-0.1, -0.05) is 30.8 Å². The van der Waals surface area contributed by atoms with Crippen LogP contribution in [0.25, 0.3) is 17.0 Å². The van der Waals surface area contributed by atoms with Crippen molar-refractivity contribution in [2.75, 3.05) is 5.32 Å². The van der Waals surface area contributed by atoms with Gasteiger partial charge in [-0.05, 0) is 38.7 Å². The molecule has 3 aromatic rings. The molecule has 0 saturated heterocycles. The largest absolute Gasteiger partial charge is 0.465 e. The Morgan fingerprint density at radius 2 is 1.88 bits per heavy atom. The molecule has 4 heteroatoms. The number of aromatic nitrogens is 2. The van der Waals surface area contributed by atoms with E-state index in [1.165, 1.54) is 24.0 Å². The van der Waals surface area contributed by atoms with Gasteiger partial charge in [0.05, 0.1) is 18.1 Å². The van der Waals surface area contributed by atoms with Crippen molar-refractivity contribution < 1.29 is 4.42 Å². The van der Waals surface area contributed by atoms with Crippen molar-refractivity contribution in [1.82, 2.24) is 9.97 Å². The van der Waals surface area contributed by atoms with Gasteiger partial charge in [-0.2, -0.15) is 0 Å². The second-order valence-corrected chi connectivity index (χ2v) is 6.85. The van der Waals surface area contributed by atoms with Gasteiger partial charge in [0.1, 0.15) is 17.3 Å². The highest BCUT2D eigenvalue weighted by Crippen LogP contribution is 2.35. The smallest absolute Gasteiger partial charge is 0.148 e. The Morgan fingerprint density at radius 3 is 2.65 bits per heavy atom. The number of fused-ring (bicyclic) bond motifs is 1. The van der Waals surface area contributed by atoms with Crippen LogP contribution in [0.15, 0.2) is 47.7 Å². The van der Waals surface area contributed by atoms with Gasteiger partial charge in [0.15, 0.2) is 0 Å². The first kappa shape index (κ1) is 16.6. The van der Waals surface area contributed by atoms with E-state index >= 15 is 0 Å². The molecule has 0 aliphatic heterocycles. The molecular formula is C22H23N3O. The predicted octanol–water partition coefficient (Wildman–Crippen LogP) is 5.32. The molecule has 132 valence electrons. The van der Waals surface area contributed by atoms with Gasteiger partial charge in [-0.25, -0.2) is 4.98 Å². The first-order valence-electron chi connectivity index (χ1n) is 9.09. The Morgan fingerprint density at radius 1 is 1.08 bits per heavy atom. The van der Waals surface area contributed by atoms with Crippen molar-refractivity contribution in [2.24, 2.45) is 0 Å². The van der Waals surface area contributed by atoms with Crippen LogP contribution >= 0.6 is 0 Å². The van der Waals surface area contributed by atoms with E-state index in [0.29, 0.717) is 5.82 Å². The van der Waals surface area contributed by atoms with Crippen molar-refractivity contribution >= 4 is 11.5 Å². The molecular weight excluding hydrogens is 322 g/mol. The van der Waals surface area contributed by atoms with Crippen LogP contribution in [0, 0.1) is 13.8 Å². The summed E-state index contributed by atoms with van der Waals surface area (Å²) in [4.78, 5) is 9.18. The summed E-state index contributed by atoms with van der Waals surface area (Å²) >= 11 is 0. The molecule has 1 aromatic carbocycles. The van der Waals surface area contributed by atoms with Crippen LogP contribution in [-0.2, 0) is 12.8 Å². The standard InChI is InChI=1S/C22H23N3O/c1-14-8-4-5-9-17(14)15(2)25-21-13-23-19(12-24-21)22-16(3)26-20-11-7-6-10-18(20)22/h4-5,8-9,12-13H,2,6-7,10-11H2,1,3H3,(H,24,25). The summed E-state index contributed by atoms with van der Waals surface area (Å²) in [6.07, 6.45) is 8.09. The molecule has 0 radical (unpaired) electrons. The zero-order chi connectivity index (χ0) is 18.1. The van der Waals surface area contributed by atoms with E-state index in [2.05, 4.69) is 34.9 Å². The van der Waals surface area contributed by atoms with Gasteiger partial charge >= 0.3 is 0 Å². The van der Waals surface area contributed by atoms with Gasteiger partial charge in [0.2, 0.25) is 0 Å². The average molecular weight is 345 g/mol. The Hall–Kier alpha value is -2.88. The van der Waals surface area contributed by atoms with Crippen LogP contribution in [0.3, 0.4) is 0 Å². The highest BCUT2D eigenvalue weighted by molar-refractivity contribution is 5.75. The van der Waals surface area contributed by atoms with Crippen molar-refractivity contribution in [3.05, 3.63) is 71.4 Å². The topological polar surface area (TPSA) is 51.0 Å². The maximum Gasteiger partial charge on any atom is 0.148 e. The molecule has 2 aromatic heterocycles. The van der Waals surface area contributed by atoms with Crippen LogP contribution in [0.2, 0.25) is 0 Å². The lowest BCUT2D eigenvalue weighted by molar-refractivity contribution is 0.458. The molecule has 1 aliphatic carbocycles. The Labute approximate surface area is 154 Å². The maximum atomic E-state index is 5.96. The molecule has 0 spiro atoms. The molecule has 4 nitrogen and oxygen atoms in total. The molecule has 0 bridgehead atoms. The first-order valence-corrected chi connectivity index (χ1v) is 9.09. The fourth-order valence-corrected chi connectivity index (χ4v) is 3.69. The third-order valence-electron chi connectivity index (χ3n) is 5.00. The number of benzene rings is 1. The summed E-state index contributed by atoms with van der Waals surface area (Å²) in [7, 11) is 0. The van der Waals surface area contributed by atoms with Crippen molar-refractivity contribution in [1.29, 1.82) is 0 Å². The third-order valence-corrected chi connectivity index (χ3v) is 5.00. The molecule has 0 unspecified atom stereocenters. The zero-order valence-electron chi connectivity index (χ0n) is 15.3. The lowest BCUT2D eigenvalue weighted by Crippen LogP contribution is -2.03. The average Bonchev–Trinajstić information content (AvgIpc) is 2.98. The van der Waals surface area contributed by atoms with E-state index in [-0.39, 0.29) is 0 Å². The monoisotopic (exact) mass is 345 g/mol. The first-order chi connectivity index (χ1) is 12.6. The lowest BCUT2D eigenvalue weighted by atomic mass is 9.93. The van der Waals surface area contributed by atoms with Crippen LogP contribution in [0.1, 0.15) is 41.1 Å². The van der Waals surface area contributed by atoms with E-state index in [9.17, 15) is 0 Å². The highest BCUT2D eigenvalue weighted by Gasteiger charge is 2.22.